The number of aromatic nitrogens is 1. The van der Waals surface area contributed by atoms with Crippen molar-refractivity contribution >= 4 is 34.0 Å². The summed E-state index contributed by atoms with van der Waals surface area (Å²) in [5, 5.41) is 10.4. The number of aliphatic carboxylic acids is 1. The van der Waals surface area contributed by atoms with Crippen LogP contribution in [0, 0.1) is 5.82 Å². The number of hydrogen-bond donors (Lipinski definition) is 1. The van der Waals surface area contributed by atoms with Crippen LogP contribution in [0.4, 0.5) is 9.52 Å². The maximum absolute atomic E-state index is 13.5. The molecule has 1 aromatic heterocycles. The summed E-state index contributed by atoms with van der Waals surface area (Å²) in [5.74, 6) is -0.630. The summed E-state index contributed by atoms with van der Waals surface area (Å²) in [5.41, 5.74) is 1.50. The van der Waals surface area contributed by atoms with Crippen molar-refractivity contribution in [1.29, 1.82) is 0 Å². The van der Waals surface area contributed by atoms with E-state index in [0.717, 1.165) is 41.8 Å². The molecule has 0 unspecified atom stereocenters. The number of carboxylic acids is 1. The molecule has 1 atom stereocenters. The minimum atomic E-state index is -0.891. The summed E-state index contributed by atoms with van der Waals surface area (Å²) in [6, 6.07) is 11.9. The maximum Gasteiger partial charge on any atom is 0.307 e. The van der Waals surface area contributed by atoms with E-state index in [1.54, 1.807) is 35.6 Å². The number of benzene rings is 2. The molecule has 2 heterocycles. The highest BCUT2D eigenvalue weighted by molar-refractivity contribution is 7.18. The smallest absolute Gasteiger partial charge is 0.307 e. The number of rotatable bonds is 8. The van der Waals surface area contributed by atoms with Crippen molar-refractivity contribution in [3.05, 3.63) is 65.1 Å². The first-order valence-corrected chi connectivity index (χ1v) is 11.9. The third-order valence-corrected chi connectivity index (χ3v) is 7.04. The Morgan fingerprint density at radius 2 is 2.15 bits per heavy atom. The van der Waals surface area contributed by atoms with Crippen LogP contribution in [0.5, 0.6) is 5.75 Å². The molecule has 0 spiro atoms. The van der Waals surface area contributed by atoms with Crippen LogP contribution >= 0.6 is 22.9 Å². The average Bonchev–Trinajstić information content (AvgIpc) is 3.27. The first-order valence-electron chi connectivity index (χ1n) is 10.7. The van der Waals surface area contributed by atoms with Gasteiger partial charge in [-0.3, -0.25) is 9.69 Å². The molecule has 1 N–H and O–H groups in total. The molecule has 174 valence electrons. The molecule has 0 radical (unpaired) electrons. The highest BCUT2D eigenvalue weighted by Gasteiger charge is 2.25. The van der Waals surface area contributed by atoms with Crippen molar-refractivity contribution in [3.8, 4) is 16.2 Å². The summed E-state index contributed by atoms with van der Waals surface area (Å²) in [6.45, 7) is 5.92. The second-order valence-corrected chi connectivity index (χ2v) is 9.45. The average molecular weight is 490 g/mol. The van der Waals surface area contributed by atoms with E-state index in [1.165, 1.54) is 12.1 Å². The molecule has 4 rings (SSSR count). The fourth-order valence-electron chi connectivity index (χ4n) is 3.90. The Labute approximate surface area is 201 Å². The number of hydrogen-bond acceptors (Lipinski definition) is 6. The standard InChI is InChI=1S/C24H25ClFN3O3S/c1-16-15-29(24-27-14-22(33-24)18-3-2-4-19(26)13-18)8-7-28(16)9-10-32-21-11-17(12-23(30)31)5-6-20(21)25/h2-6,11,13-14,16H,7-10,12,15H2,1H3,(H,30,31)/t16-/m0/s1. The van der Waals surface area contributed by atoms with Crippen LogP contribution < -0.4 is 9.64 Å². The van der Waals surface area contributed by atoms with Gasteiger partial charge in [-0.2, -0.15) is 0 Å². The fourth-order valence-corrected chi connectivity index (χ4v) is 5.02. The molecular weight excluding hydrogens is 465 g/mol. The van der Waals surface area contributed by atoms with Gasteiger partial charge in [0.25, 0.3) is 0 Å². The van der Waals surface area contributed by atoms with Gasteiger partial charge in [0.15, 0.2) is 5.13 Å². The van der Waals surface area contributed by atoms with E-state index in [-0.39, 0.29) is 12.2 Å². The molecule has 2 aromatic carbocycles. The second-order valence-electron chi connectivity index (χ2n) is 8.03. The molecule has 9 heteroatoms. The van der Waals surface area contributed by atoms with Gasteiger partial charge >= 0.3 is 5.97 Å². The second kappa shape index (κ2) is 10.5. The maximum atomic E-state index is 13.5. The number of carboxylic acid groups (broad SMARTS) is 1. The fraction of sp³-hybridized carbons (Fsp3) is 0.333. The Balaban J connectivity index is 1.30. The van der Waals surface area contributed by atoms with Crippen LogP contribution in [0.15, 0.2) is 48.7 Å². The largest absolute Gasteiger partial charge is 0.491 e. The van der Waals surface area contributed by atoms with Crippen LogP contribution in [0.1, 0.15) is 12.5 Å². The van der Waals surface area contributed by atoms with Gasteiger partial charge in [0, 0.05) is 38.4 Å². The Hall–Kier alpha value is -2.68. The van der Waals surface area contributed by atoms with Crippen molar-refractivity contribution in [2.45, 2.75) is 19.4 Å². The van der Waals surface area contributed by atoms with Gasteiger partial charge in [0.2, 0.25) is 0 Å². The van der Waals surface area contributed by atoms with Gasteiger partial charge in [-0.1, -0.05) is 41.1 Å². The predicted octanol–water partition coefficient (Wildman–Crippen LogP) is 4.82. The van der Waals surface area contributed by atoms with Crippen LogP contribution in [0.3, 0.4) is 0 Å². The van der Waals surface area contributed by atoms with E-state index in [4.69, 9.17) is 21.4 Å². The monoisotopic (exact) mass is 489 g/mol. The van der Waals surface area contributed by atoms with E-state index >= 15 is 0 Å². The summed E-state index contributed by atoms with van der Waals surface area (Å²) in [4.78, 5) is 21.1. The van der Waals surface area contributed by atoms with Crippen LogP contribution in [-0.2, 0) is 11.2 Å². The first kappa shape index (κ1) is 23.5. The zero-order valence-corrected chi connectivity index (χ0v) is 19.8. The van der Waals surface area contributed by atoms with E-state index in [1.807, 2.05) is 12.3 Å². The molecule has 1 aliphatic rings. The van der Waals surface area contributed by atoms with Crippen LogP contribution in [-0.4, -0.2) is 59.8 Å². The molecule has 1 fully saturated rings. The summed E-state index contributed by atoms with van der Waals surface area (Å²) in [7, 11) is 0. The summed E-state index contributed by atoms with van der Waals surface area (Å²) >= 11 is 7.78. The zero-order valence-electron chi connectivity index (χ0n) is 18.2. The minimum Gasteiger partial charge on any atom is -0.491 e. The number of ether oxygens (including phenoxy) is 1. The molecule has 33 heavy (non-hydrogen) atoms. The first-order chi connectivity index (χ1) is 15.9. The number of thiazole rings is 1. The van der Waals surface area contributed by atoms with E-state index in [2.05, 4.69) is 21.7 Å². The molecule has 3 aromatic rings. The normalized spacial score (nSPS) is 16.7. The number of piperazine rings is 1. The SMILES string of the molecule is C[C@H]1CN(c2ncc(-c3cccc(F)c3)s2)CCN1CCOc1cc(CC(=O)O)ccc1Cl. The van der Waals surface area contributed by atoms with E-state index in [0.29, 0.717) is 29.0 Å². The van der Waals surface area contributed by atoms with Crippen LogP contribution in [0.2, 0.25) is 5.02 Å². The molecule has 0 aliphatic carbocycles. The van der Waals surface area contributed by atoms with E-state index in [9.17, 15) is 9.18 Å². The zero-order chi connectivity index (χ0) is 23.4. The summed E-state index contributed by atoms with van der Waals surface area (Å²) < 4.78 is 19.4. The molecule has 0 saturated carbocycles. The van der Waals surface area contributed by atoms with Gasteiger partial charge in [0.1, 0.15) is 18.2 Å². The van der Waals surface area contributed by atoms with Crippen molar-refractivity contribution in [2.24, 2.45) is 0 Å². The molecule has 6 nitrogen and oxygen atoms in total. The lowest BCUT2D eigenvalue weighted by atomic mass is 10.1. The highest BCUT2D eigenvalue weighted by Crippen LogP contribution is 2.32. The van der Waals surface area contributed by atoms with Crippen LogP contribution in [0.25, 0.3) is 10.4 Å². The lowest BCUT2D eigenvalue weighted by Gasteiger charge is -2.39. The van der Waals surface area contributed by atoms with Gasteiger partial charge < -0.3 is 14.7 Å². The number of halogens is 2. The summed E-state index contributed by atoms with van der Waals surface area (Å²) in [6.07, 6.45) is 1.74. The lowest BCUT2D eigenvalue weighted by Crippen LogP contribution is -2.52. The number of nitrogens with zero attached hydrogens (tertiary/aromatic N) is 3. The Kier molecular flexibility index (Phi) is 7.47. The van der Waals surface area contributed by atoms with Gasteiger partial charge in [0.05, 0.1) is 16.3 Å². The van der Waals surface area contributed by atoms with E-state index < -0.39 is 5.97 Å². The molecule has 0 bridgehead atoms. The molecule has 1 aliphatic heterocycles. The van der Waals surface area contributed by atoms with Crippen molar-refractivity contribution < 1.29 is 19.0 Å². The molecular formula is C24H25ClFN3O3S. The highest BCUT2D eigenvalue weighted by atomic mass is 35.5. The number of carbonyl (C=O) groups is 1. The van der Waals surface area contributed by atoms with Crippen molar-refractivity contribution in [1.82, 2.24) is 9.88 Å². The van der Waals surface area contributed by atoms with Gasteiger partial charge in [-0.05, 0) is 42.3 Å². The topological polar surface area (TPSA) is 65.9 Å². The van der Waals surface area contributed by atoms with Gasteiger partial charge in [-0.15, -0.1) is 0 Å². The predicted molar refractivity (Wildman–Crippen MR) is 129 cm³/mol. The Bertz CT molecular complexity index is 1130. The van der Waals surface area contributed by atoms with Gasteiger partial charge in [-0.25, -0.2) is 9.37 Å². The Morgan fingerprint density at radius 1 is 1.30 bits per heavy atom. The quantitative estimate of drug-likeness (QED) is 0.489. The molecule has 1 saturated heterocycles. The lowest BCUT2D eigenvalue weighted by molar-refractivity contribution is -0.136. The van der Waals surface area contributed by atoms with Crippen molar-refractivity contribution in [3.63, 3.8) is 0 Å². The third kappa shape index (κ3) is 6.01. The van der Waals surface area contributed by atoms with Crippen molar-refractivity contribution in [2.75, 3.05) is 37.7 Å². The third-order valence-electron chi connectivity index (χ3n) is 5.63. The molecule has 0 amide bonds. The minimum absolute atomic E-state index is 0.0653. The number of anilines is 1. The Morgan fingerprint density at radius 3 is 2.91 bits per heavy atom.